The van der Waals surface area contributed by atoms with Crippen LogP contribution in [0.5, 0.6) is 11.8 Å². The molecular formula is C44H45CsF2N9O2S+. The third-order valence-corrected chi connectivity index (χ3v) is 13.4. The number of anilines is 1. The molecule has 11 nitrogen and oxygen atoms in total. The largest absolute Gasteiger partial charge is 1.00 e. The van der Waals surface area contributed by atoms with Crippen molar-refractivity contribution in [3.05, 3.63) is 97.6 Å². The fraction of sp³-hybridized carbons (Fsp3) is 0.364. The number of hydrogen-bond acceptors (Lipinski definition) is 10. The molecule has 4 aliphatic rings. The number of fused-ring (bicyclic) bond motifs is 5. The predicted molar refractivity (Wildman–Crippen MR) is 222 cm³/mol. The molecule has 4 fully saturated rings. The molecule has 59 heavy (non-hydrogen) atoms. The smallest absolute Gasteiger partial charge is 0.484 e. The summed E-state index contributed by atoms with van der Waals surface area (Å²) in [7, 11) is 2.29. The van der Waals surface area contributed by atoms with Crippen LogP contribution in [0.25, 0.3) is 32.9 Å². The van der Waals surface area contributed by atoms with Gasteiger partial charge in [0.2, 0.25) is 0 Å². The molecule has 0 radical (unpaired) electrons. The Kier molecular flexibility index (Phi) is 12.1. The number of ether oxygens (including phenoxy) is 2. The Hall–Kier alpha value is -3.31. The summed E-state index contributed by atoms with van der Waals surface area (Å²) in [4.78, 5) is 21.9. The normalized spacial score (nSPS) is 24.4. The average molecular weight is 935 g/mol. The van der Waals surface area contributed by atoms with Crippen molar-refractivity contribution in [3.63, 3.8) is 0 Å². The standard InChI is InChI=1S/C43H42F2N9O2S.CH3.Cs/c1-4-33-36(44)15-12-27-8-5-11-34(37(27)33)39-38(45)40-35(20-46-39)41(52-21-28-13-14-29(22-52)48-28)50-42(49-40)55-24-43-16-7-17-54(43,3)23-31(19-43)56-30-9-6-10-32(18-30)57-53-25-47-26(2)51-53;;/h1,5-6,8-12,15,18,20,25,28-29,31,48H,7,13-14,16-17,19,21-24H2,2-3H3;1H3;/q+1;-1;+1. The second-order valence-electron chi connectivity index (χ2n) is 16.1. The van der Waals surface area contributed by atoms with Crippen molar-refractivity contribution in [3.8, 4) is 35.4 Å². The summed E-state index contributed by atoms with van der Waals surface area (Å²) in [6, 6.07) is 17.1. The van der Waals surface area contributed by atoms with E-state index in [1.54, 1.807) is 34.8 Å². The average Bonchev–Trinajstić information content (AvgIpc) is 3.93. The summed E-state index contributed by atoms with van der Waals surface area (Å²) in [6.45, 7) is 5.53. The van der Waals surface area contributed by atoms with Gasteiger partial charge in [-0.25, -0.2) is 13.8 Å². The topological polar surface area (TPSA) is 103 Å². The third kappa shape index (κ3) is 7.78. The minimum Gasteiger partial charge on any atom is -0.484 e. The quantitative estimate of drug-likeness (QED) is 0.129. The summed E-state index contributed by atoms with van der Waals surface area (Å²) in [5, 5.41) is 9.70. The number of pyridine rings is 1. The van der Waals surface area contributed by atoms with E-state index in [-0.39, 0.29) is 111 Å². The van der Waals surface area contributed by atoms with E-state index < -0.39 is 11.6 Å². The van der Waals surface area contributed by atoms with Crippen molar-refractivity contribution in [2.75, 3.05) is 44.7 Å². The molecule has 0 aliphatic carbocycles. The minimum atomic E-state index is -0.632. The molecule has 5 atom stereocenters. The van der Waals surface area contributed by atoms with Gasteiger partial charge in [0.05, 0.1) is 24.5 Å². The number of aryl methyl sites for hydroxylation is 1. The molecule has 7 heterocycles. The zero-order chi connectivity index (χ0) is 38.9. The summed E-state index contributed by atoms with van der Waals surface area (Å²) in [5.74, 6) is 3.42. The van der Waals surface area contributed by atoms with Crippen molar-refractivity contribution in [1.82, 2.24) is 34.4 Å². The van der Waals surface area contributed by atoms with E-state index in [1.807, 2.05) is 37.3 Å². The van der Waals surface area contributed by atoms with Gasteiger partial charge in [-0.3, -0.25) is 4.98 Å². The third-order valence-electron chi connectivity index (χ3n) is 12.6. The maximum atomic E-state index is 17.1. The fourth-order valence-electron chi connectivity index (χ4n) is 9.83. The molecule has 4 aliphatic heterocycles. The van der Waals surface area contributed by atoms with E-state index in [0.717, 1.165) is 79.2 Å². The molecule has 0 saturated carbocycles. The molecule has 5 unspecified atom stereocenters. The Morgan fingerprint density at radius 3 is 2.66 bits per heavy atom. The Morgan fingerprint density at radius 2 is 1.88 bits per heavy atom. The van der Waals surface area contributed by atoms with E-state index in [1.165, 1.54) is 18.0 Å². The number of nitrogens with zero attached hydrogens (tertiary/aromatic N) is 8. The first-order valence-electron chi connectivity index (χ1n) is 19.5. The van der Waals surface area contributed by atoms with Gasteiger partial charge >= 0.3 is 74.9 Å². The van der Waals surface area contributed by atoms with E-state index >= 15 is 4.39 Å². The molecule has 6 aromatic rings. The SMILES string of the molecule is C#Cc1c(F)ccc2cccc(-c3ncc4c(N5CC6CCC(C5)N6)nc(OCC56CCC[N+]5(C)CC(Oc5cccc(Sn7cnc(C)n7)c5)C6)nc4c3F)c12.[CH3-].[Cs+]. The summed E-state index contributed by atoms with van der Waals surface area (Å²) >= 11 is 1.48. The van der Waals surface area contributed by atoms with Crippen molar-refractivity contribution < 1.29 is 91.6 Å². The minimum absolute atomic E-state index is 0. The van der Waals surface area contributed by atoms with Gasteiger partial charge in [-0.05, 0) is 49.4 Å². The van der Waals surface area contributed by atoms with E-state index in [2.05, 4.69) is 38.3 Å². The van der Waals surface area contributed by atoms with Gasteiger partial charge < -0.3 is 31.6 Å². The van der Waals surface area contributed by atoms with Gasteiger partial charge in [-0.1, -0.05) is 36.3 Å². The van der Waals surface area contributed by atoms with Gasteiger partial charge in [0.25, 0.3) is 0 Å². The second-order valence-corrected chi connectivity index (χ2v) is 17.2. The first-order valence-corrected chi connectivity index (χ1v) is 20.3. The summed E-state index contributed by atoms with van der Waals surface area (Å²) < 4.78 is 48.0. The zero-order valence-corrected chi connectivity index (χ0v) is 40.9. The molecule has 3 aromatic heterocycles. The van der Waals surface area contributed by atoms with Crippen molar-refractivity contribution in [2.45, 2.75) is 67.6 Å². The molecule has 298 valence electrons. The van der Waals surface area contributed by atoms with Crippen LogP contribution in [0.3, 0.4) is 0 Å². The monoisotopic (exact) mass is 934 g/mol. The van der Waals surface area contributed by atoms with Gasteiger partial charge in [-0.2, -0.15) is 14.1 Å². The van der Waals surface area contributed by atoms with Crippen LogP contribution >= 0.6 is 11.9 Å². The van der Waals surface area contributed by atoms with E-state index in [9.17, 15) is 4.39 Å². The molecule has 0 spiro atoms. The number of likely N-dealkylation sites (N-methyl/N-ethyl adjacent to an activating group) is 1. The van der Waals surface area contributed by atoms with Crippen LogP contribution < -0.4 is 88.6 Å². The van der Waals surface area contributed by atoms with Crippen molar-refractivity contribution >= 4 is 39.4 Å². The molecule has 0 amide bonds. The van der Waals surface area contributed by atoms with Crippen LogP contribution in [-0.4, -0.2) is 97.2 Å². The van der Waals surface area contributed by atoms with Gasteiger partial charge in [-0.15, -0.1) is 11.5 Å². The molecule has 1 N–H and O–H groups in total. The number of rotatable bonds is 9. The predicted octanol–water partition coefficient (Wildman–Crippen LogP) is 4.16. The first kappa shape index (κ1) is 42.4. The van der Waals surface area contributed by atoms with Crippen molar-refractivity contribution in [1.29, 1.82) is 0 Å². The van der Waals surface area contributed by atoms with Crippen LogP contribution in [0.4, 0.5) is 14.6 Å². The van der Waals surface area contributed by atoms with Gasteiger partial charge in [0, 0.05) is 78.4 Å². The molecule has 15 heteroatoms. The molecule has 10 rings (SSSR count). The Balaban J connectivity index is 0.00000242. The number of aromatic nitrogens is 6. The van der Waals surface area contributed by atoms with Crippen LogP contribution in [0, 0.1) is 38.3 Å². The second kappa shape index (κ2) is 16.9. The van der Waals surface area contributed by atoms with E-state index in [4.69, 9.17) is 25.9 Å². The maximum absolute atomic E-state index is 17.1. The molecular weight excluding hydrogens is 890 g/mol. The number of terminal acetylenes is 1. The Labute approximate surface area is 406 Å². The molecule has 2 bridgehead atoms. The van der Waals surface area contributed by atoms with Crippen LogP contribution in [-0.2, 0) is 0 Å². The van der Waals surface area contributed by atoms with Gasteiger partial charge in [0.1, 0.15) is 59.4 Å². The van der Waals surface area contributed by atoms with Gasteiger partial charge in [0.15, 0.2) is 11.9 Å². The number of piperazine rings is 1. The maximum Gasteiger partial charge on any atom is 1.00 e. The zero-order valence-electron chi connectivity index (χ0n) is 33.8. The van der Waals surface area contributed by atoms with Crippen LogP contribution in [0.1, 0.15) is 43.5 Å². The number of hydrogen-bond donors (Lipinski definition) is 1. The van der Waals surface area contributed by atoms with Crippen LogP contribution in [0.2, 0.25) is 0 Å². The molecule has 3 aromatic carbocycles. The number of halogens is 2. The number of quaternary nitrogens is 1. The molecule has 4 saturated heterocycles. The Morgan fingerprint density at radius 1 is 1.07 bits per heavy atom. The van der Waals surface area contributed by atoms with E-state index in [0.29, 0.717) is 46.2 Å². The summed E-state index contributed by atoms with van der Waals surface area (Å²) in [5.41, 5.74) is 0.378. The van der Waals surface area contributed by atoms with Crippen molar-refractivity contribution in [2.24, 2.45) is 0 Å². The Bertz CT molecular complexity index is 2590. The number of benzene rings is 3. The number of nitrogens with one attached hydrogen (secondary N) is 1. The summed E-state index contributed by atoms with van der Waals surface area (Å²) in [6.07, 6.45) is 14.1. The van der Waals surface area contributed by atoms with Crippen LogP contribution in [0.15, 0.2) is 72.0 Å². The first-order chi connectivity index (χ1) is 27.7. The fourth-order valence-corrected chi connectivity index (χ4v) is 10.6.